The van der Waals surface area contributed by atoms with E-state index >= 15 is 0 Å². The standard InChI is InChI=1S/C24H19N3O.C17H11BrN2.C7H9NO/c1-16-12-17(25)14-19(13-16)28-18-9-10-21-20-6-2-3-7-22(20)27(23(21)15-18)24-8-4-5-11-26-24;18-12-8-9-14-13-5-1-2-6-15(13)20(16(14)11-12)17-7-3-4-10-19-17;1-5-2-6(8)4-7(9)3-5/h2-15H,25H2,1H3;1-11H;2-4,9H,8H2,1H3. The largest absolute Gasteiger partial charge is 0.508 e. The van der Waals surface area contributed by atoms with Gasteiger partial charge in [0.05, 0.1) is 22.1 Å². The Morgan fingerprint density at radius 1 is 0.491 bits per heavy atom. The number of rotatable bonds is 4. The quantitative estimate of drug-likeness (QED) is 0.152. The molecule has 0 bridgehead atoms. The lowest BCUT2D eigenvalue weighted by molar-refractivity contribution is 0.475. The van der Waals surface area contributed by atoms with Gasteiger partial charge in [0, 0.05) is 68.0 Å². The fourth-order valence-electron chi connectivity index (χ4n) is 7.19. The van der Waals surface area contributed by atoms with Gasteiger partial charge in [-0.1, -0.05) is 70.5 Å². The number of nitrogen functional groups attached to an aromatic ring is 2. The van der Waals surface area contributed by atoms with Gasteiger partial charge in [-0.15, -0.1) is 0 Å². The first kappa shape index (κ1) is 36.9. The van der Waals surface area contributed by atoms with Gasteiger partial charge < -0.3 is 21.3 Å². The number of fused-ring (bicyclic) bond motifs is 6. The third-order valence-corrected chi connectivity index (χ3v) is 9.92. The Morgan fingerprint density at radius 3 is 1.54 bits per heavy atom. The number of nitrogens with two attached hydrogens (primary N) is 2. The van der Waals surface area contributed by atoms with E-state index in [1.807, 2.05) is 93.0 Å². The Hall–Kier alpha value is -7.10. The van der Waals surface area contributed by atoms with Gasteiger partial charge in [0.15, 0.2) is 0 Å². The van der Waals surface area contributed by atoms with E-state index in [0.717, 1.165) is 55.2 Å². The first-order chi connectivity index (χ1) is 27.7. The number of benzene rings is 6. The number of phenolic OH excluding ortho intramolecular Hbond substituents is 1. The predicted octanol–water partition coefficient (Wildman–Crippen LogP) is 12.1. The minimum Gasteiger partial charge on any atom is -0.508 e. The first-order valence-corrected chi connectivity index (χ1v) is 19.2. The molecule has 4 heterocycles. The molecular weight excluding hydrogens is 772 g/mol. The topological polar surface area (TPSA) is 117 Å². The van der Waals surface area contributed by atoms with Crippen LogP contribution in [-0.2, 0) is 0 Å². The second-order valence-electron chi connectivity index (χ2n) is 13.7. The first-order valence-electron chi connectivity index (χ1n) is 18.4. The van der Waals surface area contributed by atoms with Crippen molar-refractivity contribution in [2.45, 2.75) is 13.8 Å². The van der Waals surface area contributed by atoms with E-state index in [1.165, 1.54) is 33.3 Å². The van der Waals surface area contributed by atoms with E-state index in [2.05, 4.69) is 108 Å². The summed E-state index contributed by atoms with van der Waals surface area (Å²) in [5, 5.41) is 13.8. The second-order valence-corrected chi connectivity index (χ2v) is 14.6. The van der Waals surface area contributed by atoms with E-state index in [-0.39, 0.29) is 5.75 Å². The molecule has 0 spiro atoms. The number of nitrogens with zero attached hydrogens (tertiary/aromatic N) is 4. The number of ether oxygens (including phenoxy) is 1. The summed E-state index contributed by atoms with van der Waals surface area (Å²) in [4.78, 5) is 9.06. The molecule has 280 valence electrons. The molecule has 0 atom stereocenters. The van der Waals surface area contributed by atoms with Crippen LogP contribution in [0.15, 0.2) is 175 Å². The van der Waals surface area contributed by atoms with Crippen LogP contribution in [0.1, 0.15) is 11.1 Å². The Bertz CT molecular complexity index is 2940. The maximum absolute atomic E-state index is 8.91. The Labute approximate surface area is 338 Å². The van der Waals surface area contributed by atoms with Crippen molar-refractivity contribution in [1.82, 2.24) is 19.1 Å². The van der Waals surface area contributed by atoms with Crippen LogP contribution in [0.25, 0.3) is 55.2 Å². The van der Waals surface area contributed by atoms with E-state index < -0.39 is 0 Å². The number of halogens is 1. The Kier molecular flexibility index (Phi) is 10.3. The molecule has 0 aliphatic heterocycles. The maximum Gasteiger partial charge on any atom is 0.137 e. The van der Waals surface area contributed by atoms with Crippen molar-refractivity contribution >= 4 is 70.9 Å². The molecule has 10 rings (SSSR count). The van der Waals surface area contributed by atoms with Gasteiger partial charge in [0.25, 0.3) is 0 Å². The molecule has 5 N–H and O–H groups in total. The van der Waals surface area contributed by atoms with Crippen molar-refractivity contribution in [3.8, 4) is 28.9 Å². The highest BCUT2D eigenvalue weighted by Gasteiger charge is 2.15. The number of aromatic nitrogens is 4. The lowest BCUT2D eigenvalue weighted by Gasteiger charge is -2.10. The third kappa shape index (κ3) is 7.87. The highest BCUT2D eigenvalue weighted by molar-refractivity contribution is 9.10. The van der Waals surface area contributed by atoms with E-state index in [0.29, 0.717) is 11.4 Å². The molecule has 6 aromatic carbocycles. The summed E-state index contributed by atoms with van der Waals surface area (Å²) in [6.07, 6.45) is 3.64. The number of phenols is 1. The predicted molar refractivity (Wildman–Crippen MR) is 238 cm³/mol. The Balaban J connectivity index is 0.000000136. The summed E-state index contributed by atoms with van der Waals surface area (Å²) in [6.45, 7) is 3.89. The van der Waals surface area contributed by atoms with Crippen LogP contribution in [0.4, 0.5) is 11.4 Å². The summed E-state index contributed by atoms with van der Waals surface area (Å²) < 4.78 is 11.6. The average molecular weight is 812 g/mol. The second kappa shape index (κ2) is 15.9. The van der Waals surface area contributed by atoms with Crippen molar-refractivity contribution in [2.24, 2.45) is 0 Å². The van der Waals surface area contributed by atoms with Crippen LogP contribution in [0, 0.1) is 13.8 Å². The number of anilines is 2. The molecule has 0 unspecified atom stereocenters. The average Bonchev–Trinajstić information content (AvgIpc) is 3.70. The van der Waals surface area contributed by atoms with E-state index in [1.54, 1.807) is 12.1 Å². The van der Waals surface area contributed by atoms with Crippen molar-refractivity contribution in [3.63, 3.8) is 0 Å². The summed E-state index contributed by atoms with van der Waals surface area (Å²) in [7, 11) is 0. The van der Waals surface area contributed by atoms with Gasteiger partial charge in [-0.25, -0.2) is 9.97 Å². The van der Waals surface area contributed by atoms with Crippen LogP contribution in [0.2, 0.25) is 0 Å². The third-order valence-electron chi connectivity index (χ3n) is 9.43. The molecular formula is C48H39BrN6O2. The van der Waals surface area contributed by atoms with Gasteiger partial charge in [-0.3, -0.25) is 9.13 Å². The van der Waals surface area contributed by atoms with Crippen molar-refractivity contribution in [2.75, 3.05) is 11.5 Å². The van der Waals surface area contributed by atoms with E-state index in [4.69, 9.17) is 21.3 Å². The number of para-hydroxylation sites is 2. The zero-order chi connectivity index (χ0) is 39.5. The lowest BCUT2D eigenvalue weighted by Crippen LogP contribution is -1.96. The van der Waals surface area contributed by atoms with Gasteiger partial charge in [-0.05, 0) is 110 Å². The fourth-order valence-corrected chi connectivity index (χ4v) is 7.54. The number of hydrogen-bond acceptors (Lipinski definition) is 6. The van der Waals surface area contributed by atoms with Gasteiger partial charge in [-0.2, -0.15) is 0 Å². The van der Waals surface area contributed by atoms with Crippen LogP contribution >= 0.6 is 15.9 Å². The molecule has 0 aliphatic carbocycles. The Morgan fingerprint density at radius 2 is 1.00 bits per heavy atom. The minimum absolute atomic E-state index is 0.229. The maximum atomic E-state index is 8.91. The molecule has 0 saturated heterocycles. The molecule has 0 aliphatic rings. The normalized spacial score (nSPS) is 10.9. The summed E-state index contributed by atoms with van der Waals surface area (Å²) >= 11 is 3.56. The molecule has 9 heteroatoms. The molecule has 0 radical (unpaired) electrons. The van der Waals surface area contributed by atoms with Crippen LogP contribution in [0.3, 0.4) is 0 Å². The van der Waals surface area contributed by atoms with Gasteiger partial charge in [0.2, 0.25) is 0 Å². The fraction of sp³-hybridized carbons (Fsp3) is 0.0417. The number of pyridine rings is 2. The zero-order valence-corrected chi connectivity index (χ0v) is 32.9. The van der Waals surface area contributed by atoms with Crippen LogP contribution in [-0.4, -0.2) is 24.2 Å². The summed E-state index contributed by atoms with van der Waals surface area (Å²) in [5.41, 5.74) is 19.2. The monoisotopic (exact) mass is 810 g/mol. The highest BCUT2D eigenvalue weighted by atomic mass is 79.9. The van der Waals surface area contributed by atoms with Gasteiger partial charge in [0.1, 0.15) is 28.9 Å². The molecule has 10 aromatic rings. The smallest absolute Gasteiger partial charge is 0.137 e. The van der Waals surface area contributed by atoms with Crippen molar-refractivity contribution in [1.29, 1.82) is 0 Å². The molecule has 0 saturated carbocycles. The van der Waals surface area contributed by atoms with Crippen LogP contribution < -0.4 is 16.2 Å². The molecule has 8 nitrogen and oxygen atoms in total. The van der Waals surface area contributed by atoms with Gasteiger partial charge >= 0.3 is 0 Å². The van der Waals surface area contributed by atoms with Crippen LogP contribution in [0.5, 0.6) is 17.2 Å². The number of aromatic hydroxyl groups is 1. The number of hydrogen-bond donors (Lipinski definition) is 3. The SMILES string of the molecule is Brc1ccc2c3ccccc3n(-c3ccccn3)c2c1.Cc1cc(N)cc(O)c1.Cc1cc(N)cc(Oc2ccc3c4ccccc4n(-c4ccccn4)c3c2)c1. The lowest BCUT2D eigenvalue weighted by atomic mass is 10.1. The van der Waals surface area contributed by atoms with Crippen molar-refractivity contribution < 1.29 is 9.84 Å². The zero-order valence-electron chi connectivity index (χ0n) is 31.3. The van der Waals surface area contributed by atoms with Crippen molar-refractivity contribution in [3.05, 3.63) is 186 Å². The van der Waals surface area contributed by atoms with E-state index in [9.17, 15) is 0 Å². The molecule has 57 heavy (non-hydrogen) atoms. The molecule has 4 aromatic heterocycles. The minimum atomic E-state index is 0.229. The number of aryl methyl sites for hydroxylation is 2. The summed E-state index contributed by atoms with van der Waals surface area (Å²) in [6, 6.07) is 52.0. The molecule has 0 amide bonds. The summed E-state index contributed by atoms with van der Waals surface area (Å²) in [5.74, 6) is 3.55. The molecule has 0 fully saturated rings. The highest BCUT2D eigenvalue weighted by Crippen LogP contribution is 2.36.